The number of hydrogen-bond donors (Lipinski definition) is 2. The Morgan fingerprint density at radius 1 is 1.64 bits per heavy atom. The minimum Gasteiger partial charge on any atom is -0.477 e. The molecule has 72 valence electrons. The van der Waals surface area contributed by atoms with Crippen LogP contribution in [-0.4, -0.2) is 30.8 Å². The van der Waals surface area contributed by atoms with E-state index >= 15 is 0 Å². The van der Waals surface area contributed by atoms with E-state index in [9.17, 15) is 4.79 Å². The van der Waals surface area contributed by atoms with Crippen molar-refractivity contribution in [3.8, 4) is 11.5 Å². The first kappa shape index (κ1) is 8.49. The Morgan fingerprint density at radius 2 is 2.43 bits per heavy atom. The van der Waals surface area contributed by atoms with Crippen LogP contribution >= 0.6 is 0 Å². The van der Waals surface area contributed by atoms with Gasteiger partial charge in [-0.25, -0.2) is 9.78 Å². The molecule has 0 aliphatic rings. The summed E-state index contributed by atoms with van der Waals surface area (Å²) in [5.41, 5.74) is 0.659. The number of hydrogen-bond acceptors (Lipinski definition) is 3. The molecule has 0 saturated carbocycles. The topological polar surface area (TPSA) is 83.8 Å². The van der Waals surface area contributed by atoms with Gasteiger partial charge in [0.05, 0.1) is 0 Å². The zero-order valence-electron chi connectivity index (χ0n) is 7.43. The lowest BCUT2D eigenvalue weighted by molar-refractivity contribution is 0.0685. The number of aromatic amines is 1. The van der Waals surface area contributed by atoms with Crippen LogP contribution < -0.4 is 0 Å². The Hall–Kier alpha value is -2.11. The molecule has 2 aromatic heterocycles. The minimum atomic E-state index is -1.00. The van der Waals surface area contributed by atoms with Crippen LogP contribution in [0.2, 0.25) is 0 Å². The highest BCUT2D eigenvalue weighted by Gasteiger charge is 2.13. The van der Waals surface area contributed by atoms with Gasteiger partial charge in [-0.05, 0) is 0 Å². The van der Waals surface area contributed by atoms with E-state index in [2.05, 4.69) is 15.1 Å². The van der Waals surface area contributed by atoms with Crippen molar-refractivity contribution < 1.29 is 9.90 Å². The van der Waals surface area contributed by atoms with Gasteiger partial charge < -0.3 is 10.1 Å². The molecule has 0 atom stereocenters. The molecule has 0 aromatic carbocycles. The summed E-state index contributed by atoms with van der Waals surface area (Å²) >= 11 is 0. The Labute approximate surface area is 79.2 Å². The van der Waals surface area contributed by atoms with Crippen molar-refractivity contribution >= 4 is 5.97 Å². The first-order valence-corrected chi connectivity index (χ1v) is 3.95. The lowest BCUT2D eigenvalue weighted by Gasteiger charge is -1.91. The molecule has 2 rings (SSSR count). The van der Waals surface area contributed by atoms with E-state index in [0.29, 0.717) is 11.5 Å². The Balaban J connectivity index is 2.48. The van der Waals surface area contributed by atoms with Crippen molar-refractivity contribution in [3.05, 3.63) is 24.2 Å². The first-order chi connectivity index (χ1) is 6.68. The number of carboxylic acid groups (broad SMARTS) is 1. The third-order valence-corrected chi connectivity index (χ3v) is 1.84. The van der Waals surface area contributed by atoms with Crippen LogP contribution in [0.5, 0.6) is 0 Å². The summed E-state index contributed by atoms with van der Waals surface area (Å²) in [7, 11) is 1.58. The molecule has 2 aromatic rings. The number of carboxylic acids is 1. The Kier molecular flexibility index (Phi) is 1.81. The highest BCUT2D eigenvalue weighted by molar-refractivity contribution is 5.86. The summed E-state index contributed by atoms with van der Waals surface area (Å²) in [6.45, 7) is 0. The third-order valence-electron chi connectivity index (χ3n) is 1.84. The SMILES string of the molecule is Cn1nc(-c2ncc[nH]2)cc1C(=O)O. The zero-order valence-corrected chi connectivity index (χ0v) is 7.43. The number of nitrogens with zero attached hydrogens (tertiary/aromatic N) is 3. The summed E-state index contributed by atoms with van der Waals surface area (Å²) in [5.74, 6) is -0.439. The van der Waals surface area contributed by atoms with Gasteiger partial charge in [0.1, 0.15) is 11.4 Å². The van der Waals surface area contributed by atoms with Crippen LogP contribution in [0.3, 0.4) is 0 Å². The van der Waals surface area contributed by atoms with Crippen molar-refractivity contribution in [2.75, 3.05) is 0 Å². The van der Waals surface area contributed by atoms with Crippen molar-refractivity contribution in [2.24, 2.45) is 7.05 Å². The van der Waals surface area contributed by atoms with Crippen molar-refractivity contribution in [1.82, 2.24) is 19.7 Å². The Morgan fingerprint density at radius 3 is 2.93 bits per heavy atom. The van der Waals surface area contributed by atoms with Crippen LogP contribution in [-0.2, 0) is 7.05 Å². The number of imidazole rings is 1. The second-order valence-electron chi connectivity index (χ2n) is 2.78. The van der Waals surface area contributed by atoms with E-state index < -0.39 is 5.97 Å². The molecule has 0 radical (unpaired) electrons. The lowest BCUT2D eigenvalue weighted by atomic mass is 10.3. The number of carbonyl (C=O) groups is 1. The maximum atomic E-state index is 10.7. The summed E-state index contributed by atoms with van der Waals surface area (Å²) in [6.07, 6.45) is 3.24. The highest BCUT2D eigenvalue weighted by Crippen LogP contribution is 2.13. The molecule has 0 aliphatic heterocycles. The van der Waals surface area contributed by atoms with Gasteiger partial charge in [0.2, 0.25) is 0 Å². The molecule has 2 N–H and O–H groups in total. The smallest absolute Gasteiger partial charge is 0.354 e. The molecule has 14 heavy (non-hydrogen) atoms. The fourth-order valence-corrected chi connectivity index (χ4v) is 1.19. The van der Waals surface area contributed by atoms with Crippen LogP contribution in [0, 0.1) is 0 Å². The average Bonchev–Trinajstić information content (AvgIpc) is 2.70. The number of aromatic nitrogens is 4. The second kappa shape index (κ2) is 2.99. The van der Waals surface area contributed by atoms with E-state index in [-0.39, 0.29) is 5.69 Å². The fourth-order valence-electron chi connectivity index (χ4n) is 1.19. The number of H-pyrrole nitrogens is 1. The largest absolute Gasteiger partial charge is 0.477 e. The second-order valence-corrected chi connectivity index (χ2v) is 2.78. The highest BCUT2D eigenvalue weighted by atomic mass is 16.4. The van der Waals surface area contributed by atoms with E-state index in [1.165, 1.54) is 10.7 Å². The van der Waals surface area contributed by atoms with Crippen LogP contribution in [0.1, 0.15) is 10.5 Å². The standard InChI is InChI=1S/C8H8N4O2/c1-12-6(8(13)14)4-5(11-12)7-9-2-3-10-7/h2-4H,1H3,(H,9,10)(H,13,14). The molecule has 2 heterocycles. The molecule has 6 nitrogen and oxygen atoms in total. The van der Waals surface area contributed by atoms with Gasteiger partial charge in [0, 0.05) is 25.5 Å². The molecule has 0 amide bonds. The molecular weight excluding hydrogens is 184 g/mol. The predicted molar refractivity (Wildman–Crippen MR) is 47.7 cm³/mol. The first-order valence-electron chi connectivity index (χ1n) is 3.95. The molecule has 6 heteroatoms. The normalized spacial score (nSPS) is 10.4. The predicted octanol–water partition coefficient (Wildman–Crippen LogP) is 0.508. The zero-order chi connectivity index (χ0) is 10.1. The summed E-state index contributed by atoms with van der Waals surface area (Å²) < 4.78 is 1.31. The molecule has 0 unspecified atom stereocenters. The number of rotatable bonds is 2. The van der Waals surface area contributed by atoms with Crippen molar-refractivity contribution in [1.29, 1.82) is 0 Å². The maximum absolute atomic E-state index is 10.7. The van der Waals surface area contributed by atoms with E-state index in [4.69, 9.17) is 5.11 Å². The average molecular weight is 192 g/mol. The number of aryl methyl sites for hydroxylation is 1. The molecular formula is C8H8N4O2. The Bertz CT molecular complexity index is 458. The van der Waals surface area contributed by atoms with Gasteiger partial charge in [-0.1, -0.05) is 0 Å². The quantitative estimate of drug-likeness (QED) is 0.726. The lowest BCUT2D eigenvalue weighted by Crippen LogP contribution is -2.04. The molecule has 0 bridgehead atoms. The van der Waals surface area contributed by atoms with Crippen LogP contribution in [0.4, 0.5) is 0 Å². The van der Waals surface area contributed by atoms with Gasteiger partial charge in [-0.15, -0.1) is 0 Å². The summed E-state index contributed by atoms with van der Waals surface area (Å²) in [6, 6.07) is 1.47. The van der Waals surface area contributed by atoms with Gasteiger partial charge in [-0.3, -0.25) is 4.68 Å². The molecule has 0 saturated heterocycles. The minimum absolute atomic E-state index is 0.136. The molecule has 0 fully saturated rings. The maximum Gasteiger partial charge on any atom is 0.354 e. The van der Waals surface area contributed by atoms with Crippen LogP contribution in [0.25, 0.3) is 11.5 Å². The summed E-state index contributed by atoms with van der Waals surface area (Å²) in [4.78, 5) is 17.5. The molecule has 0 aliphatic carbocycles. The monoisotopic (exact) mass is 192 g/mol. The van der Waals surface area contributed by atoms with E-state index in [1.54, 1.807) is 19.4 Å². The van der Waals surface area contributed by atoms with E-state index in [1.807, 2.05) is 0 Å². The van der Waals surface area contributed by atoms with E-state index in [0.717, 1.165) is 0 Å². The van der Waals surface area contributed by atoms with Crippen LogP contribution in [0.15, 0.2) is 18.5 Å². The summed E-state index contributed by atoms with van der Waals surface area (Å²) in [5, 5.41) is 12.8. The fraction of sp³-hybridized carbons (Fsp3) is 0.125. The number of aromatic carboxylic acids is 1. The van der Waals surface area contributed by atoms with Gasteiger partial charge in [0.15, 0.2) is 5.82 Å². The van der Waals surface area contributed by atoms with Crippen molar-refractivity contribution in [3.63, 3.8) is 0 Å². The van der Waals surface area contributed by atoms with Gasteiger partial charge in [-0.2, -0.15) is 5.10 Å². The third kappa shape index (κ3) is 1.26. The number of nitrogens with one attached hydrogen (secondary N) is 1. The van der Waals surface area contributed by atoms with Gasteiger partial charge in [0.25, 0.3) is 0 Å². The van der Waals surface area contributed by atoms with Crippen molar-refractivity contribution in [2.45, 2.75) is 0 Å². The van der Waals surface area contributed by atoms with Gasteiger partial charge >= 0.3 is 5.97 Å². The molecule has 0 spiro atoms.